The molecule has 1 unspecified atom stereocenters. The van der Waals surface area contributed by atoms with Crippen molar-refractivity contribution in [2.45, 2.75) is 34.2 Å². The fourth-order valence-corrected chi connectivity index (χ4v) is 1.79. The maximum Gasteiger partial charge on any atom is 0.184 e. The average molecular weight is 277 g/mol. The average Bonchev–Trinajstić information content (AvgIpc) is 2.76. The molecule has 0 aliphatic heterocycles. The van der Waals surface area contributed by atoms with Gasteiger partial charge in [-0.2, -0.15) is 0 Å². The monoisotopic (exact) mass is 277 g/mol. The van der Waals surface area contributed by atoms with Crippen LogP contribution < -0.4 is 5.73 Å². The summed E-state index contributed by atoms with van der Waals surface area (Å²) in [5.74, 6) is 0.582. The molecule has 0 bridgehead atoms. The molecule has 1 atom stereocenters. The first kappa shape index (κ1) is 14.4. The van der Waals surface area contributed by atoms with Crippen molar-refractivity contribution >= 4 is 5.69 Å². The van der Waals surface area contributed by atoms with E-state index in [4.69, 9.17) is 5.73 Å². The van der Waals surface area contributed by atoms with Gasteiger partial charge in [-0.1, -0.05) is 27.7 Å². The number of aromatic nitrogens is 4. The molecule has 0 amide bonds. The minimum Gasteiger partial charge on any atom is -0.398 e. The zero-order valence-corrected chi connectivity index (χ0v) is 12.3. The van der Waals surface area contributed by atoms with Gasteiger partial charge in [0.15, 0.2) is 5.82 Å². The van der Waals surface area contributed by atoms with Crippen LogP contribution >= 0.6 is 0 Å². The Bertz CT molecular complexity index is 600. The summed E-state index contributed by atoms with van der Waals surface area (Å²) in [7, 11) is 0. The zero-order valence-electron chi connectivity index (χ0n) is 12.3. The van der Waals surface area contributed by atoms with Gasteiger partial charge in [-0.15, -0.1) is 5.10 Å². The molecule has 0 fully saturated rings. The number of halogens is 1. The number of nitrogens with two attached hydrogens (primary N) is 1. The van der Waals surface area contributed by atoms with Gasteiger partial charge in [0.05, 0.1) is 0 Å². The standard InChI is InChI=1S/C14H20FN5/c1-9(14(2,3)4)8-20-13(17-18-19-20)11-6-5-10(15)7-12(11)16/h5-7,9H,8,16H2,1-4H3. The van der Waals surface area contributed by atoms with Crippen molar-refractivity contribution in [1.82, 2.24) is 20.2 Å². The third-order valence-electron chi connectivity index (χ3n) is 3.71. The van der Waals surface area contributed by atoms with Crippen LogP contribution in [0.2, 0.25) is 0 Å². The number of rotatable bonds is 3. The van der Waals surface area contributed by atoms with Crippen molar-refractivity contribution in [3.8, 4) is 11.4 Å². The second-order valence-electron chi connectivity index (χ2n) is 6.18. The first-order valence-corrected chi connectivity index (χ1v) is 6.60. The molecule has 20 heavy (non-hydrogen) atoms. The van der Waals surface area contributed by atoms with Crippen LogP contribution in [0.1, 0.15) is 27.7 Å². The van der Waals surface area contributed by atoms with E-state index in [1.165, 1.54) is 12.1 Å². The number of nitrogen functional groups attached to an aromatic ring is 1. The SMILES string of the molecule is CC(Cn1nnnc1-c1ccc(F)cc1N)C(C)(C)C. The molecule has 0 saturated carbocycles. The molecule has 1 aromatic carbocycles. The summed E-state index contributed by atoms with van der Waals surface area (Å²) >= 11 is 0. The van der Waals surface area contributed by atoms with E-state index in [0.29, 0.717) is 29.5 Å². The maximum absolute atomic E-state index is 13.1. The molecule has 0 radical (unpaired) electrons. The second-order valence-corrected chi connectivity index (χ2v) is 6.18. The van der Waals surface area contributed by atoms with E-state index < -0.39 is 0 Å². The topological polar surface area (TPSA) is 69.6 Å². The summed E-state index contributed by atoms with van der Waals surface area (Å²) in [4.78, 5) is 0. The third-order valence-corrected chi connectivity index (χ3v) is 3.71. The molecule has 6 heteroatoms. The van der Waals surface area contributed by atoms with E-state index in [0.717, 1.165) is 0 Å². The molecule has 5 nitrogen and oxygen atoms in total. The van der Waals surface area contributed by atoms with Crippen molar-refractivity contribution in [3.63, 3.8) is 0 Å². The Kier molecular flexibility index (Phi) is 3.74. The number of benzene rings is 1. The molecule has 2 N–H and O–H groups in total. The highest BCUT2D eigenvalue weighted by molar-refractivity contribution is 5.71. The maximum atomic E-state index is 13.1. The van der Waals surface area contributed by atoms with Crippen LogP contribution in [0.5, 0.6) is 0 Å². The van der Waals surface area contributed by atoms with Gasteiger partial charge in [-0.05, 0) is 40.0 Å². The van der Waals surface area contributed by atoms with E-state index in [9.17, 15) is 4.39 Å². The van der Waals surface area contributed by atoms with E-state index in [1.807, 2.05) is 0 Å². The predicted octanol–water partition coefficient (Wildman–Crippen LogP) is 2.74. The number of nitrogens with zero attached hydrogens (tertiary/aromatic N) is 4. The lowest BCUT2D eigenvalue weighted by Gasteiger charge is -2.27. The van der Waals surface area contributed by atoms with E-state index >= 15 is 0 Å². The van der Waals surface area contributed by atoms with Crippen LogP contribution in [0.4, 0.5) is 10.1 Å². The quantitative estimate of drug-likeness (QED) is 0.876. The summed E-state index contributed by atoms with van der Waals surface area (Å²) in [6, 6.07) is 4.24. The Morgan fingerprint density at radius 2 is 2.05 bits per heavy atom. The lowest BCUT2D eigenvalue weighted by Crippen LogP contribution is -2.23. The Balaban J connectivity index is 2.33. The second kappa shape index (κ2) is 5.19. The van der Waals surface area contributed by atoms with Crippen molar-refractivity contribution in [3.05, 3.63) is 24.0 Å². The molecule has 2 rings (SSSR count). The molecule has 108 valence electrons. The summed E-state index contributed by atoms with van der Waals surface area (Å²) in [5, 5.41) is 11.7. The van der Waals surface area contributed by atoms with Gasteiger partial charge < -0.3 is 5.73 Å². The first-order chi connectivity index (χ1) is 9.29. The van der Waals surface area contributed by atoms with Gasteiger partial charge in [0, 0.05) is 17.8 Å². The van der Waals surface area contributed by atoms with E-state index in [2.05, 4.69) is 43.2 Å². The number of hydrogen-bond donors (Lipinski definition) is 1. The molecule has 1 heterocycles. The van der Waals surface area contributed by atoms with Crippen molar-refractivity contribution in [2.75, 3.05) is 5.73 Å². The summed E-state index contributed by atoms with van der Waals surface area (Å²) in [6.45, 7) is 9.36. The number of hydrogen-bond acceptors (Lipinski definition) is 4. The minimum atomic E-state index is -0.367. The van der Waals surface area contributed by atoms with Gasteiger partial charge in [-0.25, -0.2) is 9.07 Å². The largest absolute Gasteiger partial charge is 0.398 e. The molecular weight excluding hydrogens is 257 g/mol. The molecule has 0 aliphatic carbocycles. The lowest BCUT2D eigenvalue weighted by atomic mass is 9.82. The highest BCUT2D eigenvalue weighted by atomic mass is 19.1. The lowest BCUT2D eigenvalue weighted by molar-refractivity contribution is 0.225. The Hall–Kier alpha value is -1.98. The van der Waals surface area contributed by atoms with Gasteiger partial charge >= 0.3 is 0 Å². The van der Waals surface area contributed by atoms with Crippen molar-refractivity contribution in [2.24, 2.45) is 11.3 Å². The highest BCUT2D eigenvalue weighted by Crippen LogP contribution is 2.29. The van der Waals surface area contributed by atoms with Crippen LogP contribution in [0.3, 0.4) is 0 Å². The van der Waals surface area contributed by atoms with E-state index in [-0.39, 0.29) is 11.2 Å². The summed E-state index contributed by atoms with van der Waals surface area (Å²) < 4.78 is 14.8. The van der Waals surface area contributed by atoms with Crippen LogP contribution in [-0.2, 0) is 6.54 Å². The van der Waals surface area contributed by atoms with Gasteiger partial charge in [0.1, 0.15) is 5.82 Å². The molecular formula is C14H20FN5. The summed E-state index contributed by atoms with van der Waals surface area (Å²) in [6.07, 6.45) is 0. The zero-order chi connectivity index (χ0) is 14.9. The molecule has 0 spiro atoms. The molecule has 0 saturated heterocycles. The first-order valence-electron chi connectivity index (χ1n) is 6.60. The highest BCUT2D eigenvalue weighted by Gasteiger charge is 2.23. The Morgan fingerprint density at radius 3 is 2.65 bits per heavy atom. The number of tetrazole rings is 1. The van der Waals surface area contributed by atoms with Crippen LogP contribution in [0.15, 0.2) is 18.2 Å². The minimum absolute atomic E-state index is 0.150. The van der Waals surface area contributed by atoms with Crippen molar-refractivity contribution < 1.29 is 4.39 Å². The number of anilines is 1. The molecule has 0 aliphatic rings. The fraction of sp³-hybridized carbons (Fsp3) is 0.500. The molecule has 1 aromatic heterocycles. The summed E-state index contributed by atoms with van der Waals surface area (Å²) in [5.41, 5.74) is 6.99. The van der Waals surface area contributed by atoms with E-state index in [1.54, 1.807) is 10.7 Å². The smallest absolute Gasteiger partial charge is 0.184 e. The fourth-order valence-electron chi connectivity index (χ4n) is 1.79. The van der Waals surface area contributed by atoms with Crippen LogP contribution in [-0.4, -0.2) is 20.2 Å². The Labute approximate surface area is 118 Å². The molecule has 2 aromatic rings. The normalized spacial score (nSPS) is 13.4. The van der Waals surface area contributed by atoms with Crippen LogP contribution in [0, 0.1) is 17.2 Å². The Morgan fingerprint density at radius 1 is 1.35 bits per heavy atom. The van der Waals surface area contributed by atoms with Gasteiger partial charge in [0.25, 0.3) is 0 Å². The van der Waals surface area contributed by atoms with Crippen molar-refractivity contribution in [1.29, 1.82) is 0 Å². The van der Waals surface area contributed by atoms with Crippen LogP contribution in [0.25, 0.3) is 11.4 Å². The van der Waals surface area contributed by atoms with Gasteiger partial charge in [0.2, 0.25) is 0 Å². The third kappa shape index (κ3) is 2.95. The predicted molar refractivity (Wildman–Crippen MR) is 76.2 cm³/mol. The van der Waals surface area contributed by atoms with Gasteiger partial charge in [-0.3, -0.25) is 0 Å².